The third-order valence-corrected chi connectivity index (χ3v) is 4.46. The maximum absolute atomic E-state index is 13.5. The summed E-state index contributed by atoms with van der Waals surface area (Å²) in [5.41, 5.74) is -0.293. The number of hydrogen-bond donors (Lipinski definition) is 1. The van der Waals surface area contributed by atoms with E-state index in [2.05, 4.69) is 0 Å². The molecular formula is C12H14F2N2O3S. The third kappa shape index (κ3) is 3.20. The van der Waals surface area contributed by atoms with Gasteiger partial charge in [-0.3, -0.25) is 4.79 Å². The van der Waals surface area contributed by atoms with Crippen molar-refractivity contribution < 1.29 is 22.0 Å². The van der Waals surface area contributed by atoms with Crippen molar-refractivity contribution in [2.24, 2.45) is 11.1 Å². The summed E-state index contributed by atoms with van der Waals surface area (Å²) >= 11 is 0. The second kappa shape index (κ2) is 5.55. The number of rotatable bonds is 3. The molecule has 1 fully saturated rings. The number of nitrogens with zero attached hydrogens (tertiary/aromatic N) is 1. The molecule has 0 aromatic heterocycles. The van der Waals surface area contributed by atoms with Crippen LogP contribution in [0.15, 0.2) is 18.2 Å². The third-order valence-electron chi connectivity index (χ3n) is 3.38. The lowest BCUT2D eigenvalue weighted by molar-refractivity contribution is 0.0870. The Bertz CT molecular complexity index is 626. The van der Waals surface area contributed by atoms with E-state index in [0.29, 0.717) is 0 Å². The van der Waals surface area contributed by atoms with Crippen molar-refractivity contribution >= 4 is 16.0 Å². The maximum atomic E-state index is 13.5. The van der Waals surface area contributed by atoms with Crippen LogP contribution in [0.2, 0.25) is 0 Å². The average Bonchev–Trinajstić information content (AvgIpc) is 2.40. The molecule has 8 heteroatoms. The number of ketones is 1. The molecule has 5 nitrogen and oxygen atoms in total. The number of hydrogen-bond acceptors (Lipinski definition) is 3. The first-order valence-corrected chi connectivity index (χ1v) is 7.56. The molecule has 1 aliphatic rings. The summed E-state index contributed by atoms with van der Waals surface area (Å²) in [4.78, 5) is 12.1. The van der Waals surface area contributed by atoms with E-state index in [4.69, 9.17) is 5.14 Å². The summed E-state index contributed by atoms with van der Waals surface area (Å²) in [6.45, 7) is 0.207. The number of benzene rings is 1. The monoisotopic (exact) mass is 304 g/mol. The van der Waals surface area contributed by atoms with Gasteiger partial charge in [-0.25, -0.2) is 13.9 Å². The summed E-state index contributed by atoms with van der Waals surface area (Å²) in [5.74, 6) is -2.48. The lowest BCUT2D eigenvalue weighted by Crippen LogP contribution is -2.43. The molecule has 0 spiro atoms. The summed E-state index contributed by atoms with van der Waals surface area (Å²) in [6, 6.07) is 2.71. The van der Waals surface area contributed by atoms with Crippen molar-refractivity contribution in [3.05, 3.63) is 35.4 Å². The Kier molecular flexibility index (Phi) is 4.17. The predicted molar refractivity (Wildman–Crippen MR) is 68.1 cm³/mol. The van der Waals surface area contributed by atoms with E-state index in [0.717, 1.165) is 22.5 Å². The lowest BCUT2D eigenvalue weighted by Gasteiger charge is -2.29. The van der Waals surface area contributed by atoms with Crippen LogP contribution < -0.4 is 5.14 Å². The molecule has 0 aliphatic carbocycles. The summed E-state index contributed by atoms with van der Waals surface area (Å²) in [7, 11) is -3.77. The van der Waals surface area contributed by atoms with E-state index in [1.165, 1.54) is 0 Å². The largest absolute Gasteiger partial charge is 0.294 e. The van der Waals surface area contributed by atoms with Gasteiger partial charge in [-0.15, -0.1) is 0 Å². The fraction of sp³-hybridized carbons (Fsp3) is 0.417. The highest BCUT2D eigenvalue weighted by atomic mass is 32.2. The van der Waals surface area contributed by atoms with E-state index in [-0.39, 0.29) is 31.5 Å². The molecule has 1 aromatic carbocycles. The standard InChI is InChI=1S/C12H14F2N2O3S/c13-9-1-2-11(14)10(7-9)12(17)8-3-5-16(6-4-8)20(15,18)19/h1-2,7-8H,3-6H2,(H2,15,18,19). The molecule has 0 atom stereocenters. The SMILES string of the molecule is NS(=O)(=O)N1CCC(C(=O)c2cc(F)ccc2F)CC1. The molecular weight excluding hydrogens is 290 g/mol. The van der Waals surface area contributed by atoms with Crippen molar-refractivity contribution in [3.8, 4) is 0 Å². The molecule has 2 rings (SSSR count). The van der Waals surface area contributed by atoms with E-state index in [1.54, 1.807) is 0 Å². The summed E-state index contributed by atoms with van der Waals surface area (Å²) in [6.07, 6.45) is 0.483. The molecule has 1 aromatic rings. The topological polar surface area (TPSA) is 80.5 Å². The molecule has 0 bridgehead atoms. The number of Topliss-reactive ketones (excluding diaryl/α,β-unsaturated/α-hetero) is 1. The molecule has 0 amide bonds. The van der Waals surface area contributed by atoms with Crippen molar-refractivity contribution in [3.63, 3.8) is 0 Å². The highest BCUT2D eigenvalue weighted by molar-refractivity contribution is 7.86. The van der Waals surface area contributed by atoms with Crippen LogP contribution in [0.1, 0.15) is 23.2 Å². The van der Waals surface area contributed by atoms with Gasteiger partial charge in [0.25, 0.3) is 10.2 Å². The molecule has 1 saturated heterocycles. The van der Waals surface area contributed by atoms with Gasteiger partial charge in [0.2, 0.25) is 0 Å². The summed E-state index contributed by atoms with van der Waals surface area (Å²) < 4.78 is 49.9. The molecule has 0 radical (unpaired) electrons. The number of piperidine rings is 1. The first-order valence-electron chi connectivity index (χ1n) is 6.06. The average molecular weight is 304 g/mol. The Labute approximate surface area is 115 Å². The zero-order valence-electron chi connectivity index (χ0n) is 10.6. The predicted octanol–water partition coefficient (Wildman–Crippen LogP) is 1.06. The molecule has 110 valence electrons. The van der Waals surface area contributed by atoms with Crippen LogP contribution in [0.4, 0.5) is 8.78 Å². The highest BCUT2D eigenvalue weighted by Gasteiger charge is 2.30. The van der Waals surface area contributed by atoms with Gasteiger partial charge in [-0.1, -0.05) is 0 Å². The van der Waals surface area contributed by atoms with E-state index in [1.807, 2.05) is 0 Å². The Hall–Kier alpha value is -1.38. The maximum Gasteiger partial charge on any atom is 0.276 e. The molecule has 1 heterocycles. The fourth-order valence-electron chi connectivity index (χ4n) is 2.28. The number of nitrogens with two attached hydrogens (primary N) is 1. The zero-order chi connectivity index (χ0) is 14.9. The minimum absolute atomic E-state index is 0.103. The van der Waals surface area contributed by atoms with Gasteiger partial charge in [0.05, 0.1) is 5.56 Å². The van der Waals surface area contributed by atoms with Crippen molar-refractivity contribution in [2.75, 3.05) is 13.1 Å². The van der Waals surface area contributed by atoms with Crippen LogP contribution >= 0.6 is 0 Å². The quantitative estimate of drug-likeness (QED) is 0.848. The number of halogens is 2. The minimum Gasteiger partial charge on any atom is -0.294 e. The molecule has 1 aliphatic heterocycles. The van der Waals surface area contributed by atoms with Gasteiger partial charge in [-0.2, -0.15) is 12.7 Å². The fourth-order valence-corrected chi connectivity index (χ4v) is 3.00. The van der Waals surface area contributed by atoms with Crippen molar-refractivity contribution in [1.29, 1.82) is 0 Å². The molecule has 0 saturated carbocycles. The number of carbonyl (C=O) groups is 1. The Morgan fingerprint density at radius 3 is 2.40 bits per heavy atom. The molecule has 0 unspecified atom stereocenters. The van der Waals surface area contributed by atoms with Gasteiger partial charge in [0.1, 0.15) is 11.6 Å². The Morgan fingerprint density at radius 1 is 1.25 bits per heavy atom. The van der Waals surface area contributed by atoms with Gasteiger partial charge >= 0.3 is 0 Å². The van der Waals surface area contributed by atoms with Gasteiger partial charge in [-0.05, 0) is 31.0 Å². The van der Waals surface area contributed by atoms with Crippen molar-refractivity contribution in [2.45, 2.75) is 12.8 Å². The summed E-state index contributed by atoms with van der Waals surface area (Å²) in [5, 5.41) is 4.99. The van der Waals surface area contributed by atoms with Crippen LogP contribution in [0, 0.1) is 17.6 Å². The van der Waals surface area contributed by atoms with Crippen LogP contribution in [-0.4, -0.2) is 31.6 Å². The first kappa shape index (κ1) is 15.0. The molecule has 2 N–H and O–H groups in total. The Morgan fingerprint density at radius 2 is 1.85 bits per heavy atom. The van der Waals surface area contributed by atoms with Gasteiger partial charge in [0, 0.05) is 19.0 Å². The smallest absolute Gasteiger partial charge is 0.276 e. The molecule has 20 heavy (non-hydrogen) atoms. The minimum atomic E-state index is -3.77. The second-order valence-corrected chi connectivity index (χ2v) is 6.25. The van der Waals surface area contributed by atoms with E-state index >= 15 is 0 Å². The van der Waals surface area contributed by atoms with E-state index in [9.17, 15) is 22.0 Å². The zero-order valence-corrected chi connectivity index (χ0v) is 11.4. The second-order valence-electron chi connectivity index (χ2n) is 4.71. The van der Waals surface area contributed by atoms with Crippen LogP contribution in [0.3, 0.4) is 0 Å². The van der Waals surface area contributed by atoms with Crippen molar-refractivity contribution in [1.82, 2.24) is 4.31 Å². The first-order chi connectivity index (χ1) is 9.29. The van der Waals surface area contributed by atoms with Crippen LogP contribution in [0.25, 0.3) is 0 Å². The van der Waals surface area contributed by atoms with Crippen LogP contribution in [-0.2, 0) is 10.2 Å². The van der Waals surface area contributed by atoms with Gasteiger partial charge < -0.3 is 0 Å². The number of carbonyl (C=O) groups excluding carboxylic acids is 1. The lowest BCUT2D eigenvalue weighted by atomic mass is 9.89. The highest BCUT2D eigenvalue weighted by Crippen LogP contribution is 2.24. The van der Waals surface area contributed by atoms with Gasteiger partial charge in [0.15, 0.2) is 5.78 Å². The normalized spacial score (nSPS) is 18.1. The Balaban J connectivity index is 2.11. The van der Waals surface area contributed by atoms with Crippen LogP contribution in [0.5, 0.6) is 0 Å². The van der Waals surface area contributed by atoms with E-state index < -0.39 is 33.5 Å².